The summed E-state index contributed by atoms with van der Waals surface area (Å²) in [6.45, 7) is 0.125. The van der Waals surface area contributed by atoms with Crippen LogP contribution < -0.4 is 0 Å². The van der Waals surface area contributed by atoms with Gasteiger partial charge >= 0.3 is 5.97 Å². The van der Waals surface area contributed by atoms with Crippen LogP contribution in [0.1, 0.15) is 49.7 Å². The van der Waals surface area contributed by atoms with Crippen LogP contribution in [0.2, 0.25) is 0 Å². The van der Waals surface area contributed by atoms with Gasteiger partial charge in [-0.05, 0) is 36.8 Å². The summed E-state index contributed by atoms with van der Waals surface area (Å²) >= 11 is 0. The summed E-state index contributed by atoms with van der Waals surface area (Å²) < 4.78 is 0. The third-order valence-electron chi connectivity index (χ3n) is 5.04. The summed E-state index contributed by atoms with van der Waals surface area (Å²) in [5, 5.41) is 19.4. The molecule has 2 aliphatic rings. The molecule has 3 rings (SSSR count). The van der Waals surface area contributed by atoms with Gasteiger partial charge in [0.05, 0.1) is 12.0 Å². The van der Waals surface area contributed by atoms with E-state index in [1.165, 1.54) is 0 Å². The molecule has 2 aliphatic carbocycles. The molecule has 0 radical (unpaired) electrons. The summed E-state index contributed by atoms with van der Waals surface area (Å²) in [5.41, 5.74) is 1.14. The van der Waals surface area contributed by atoms with Gasteiger partial charge < -0.3 is 10.2 Å². The van der Waals surface area contributed by atoms with E-state index in [-0.39, 0.29) is 12.0 Å². The number of aliphatic carboxylic acids is 1. The second-order valence-electron chi connectivity index (χ2n) is 6.08. The Morgan fingerprint density at radius 2 is 1.63 bits per heavy atom. The topological polar surface area (TPSA) is 57.5 Å². The van der Waals surface area contributed by atoms with Crippen LogP contribution >= 0.6 is 0 Å². The minimum absolute atomic E-state index is 0.125. The van der Waals surface area contributed by atoms with Gasteiger partial charge in [-0.2, -0.15) is 0 Å². The van der Waals surface area contributed by atoms with Crippen molar-refractivity contribution in [2.45, 2.75) is 49.4 Å². The van der Waals surface area contributed by atoms with Crippen molar-refractivity contribution >= 4 is 5.97 Å². The highest BCUT2D eigenvalue weighted by molar-refractivity contribution is 5.82. The molecule has 0 spiro atoms. The van der Waals surface area contributed by atoms with Crippen molar-refractivity contribution in [2.24, 2.45) is 0 Å². The van der Waals surface area contributed by atoms with Gasteiger partial charge in [0.25, 0.3) is 0 Å². The molecular weight excluding hydrogens is 240 g/mol. The Morgan fingerprint density at radius 3 is 2.11 bits per heavy atom. The van der Waals surface area contributed by atoms with E-state index in [1.807, 2.05) is 24.3 Å². The average molecular weight is 260 g/mol. The highest BCUT2D eigenvalue weighted by Gasteiger charge is 2.50. The van der Waals surface area contributed by atoms with Crippen LogP contribution in [0, 0.1) is 0 Å². The molecule has 1 aromatic carbocycles. The Balaban J connectivity index is 2.12. The molecule has 19 heavy (non-hydrogen) atoms. The van der Waals surface area contributed by atoms with Crippen molar-refractivity contribution in [1.82, 2.24) is 0 Å². The van der Waals surface area contributed by atoms with E-state index in [1.54, 1.807) is 0 Å². The van der Waals surface area contributed by atoms with Crippen molar-refractivity contribution in [3.05, 3.63) is 35.4 Å². The van der Waals surface area contributed by atoms with Gasteiger partial charge in [0.15, 0.2) is 0 Å². The standard InChI is InChI=1S/C16H20O3/c17-11-15(9-10-15)12-5-1-2-6-13(12)16(14(18)19)7-3-4-8-16/h1-2,5-6,17H,3-4,7-11H2,(H,18,19). The van der Waals surface area contributed by atoms with Crippen molar-refractivity contribution in [1.29, 1.82) is 0 Å². The van der Waals surface area contributed by atoms with E-state index in [0.717, 1.165) is 49.7 Å². The maximum atomic E-state index is 11.8. The molecule has 2 fully saturated rings. The van der Waals surface area contributed by atoms with Crippen molar-refractivity contribution in [2.75, 3.05) is 6.61 Å². The molecule has 1 aromatic rings. The predicted octanol–water partition coefficient (Wildman–Crippen LogP) is 2.61. The normalized spacial score (nSPS) is 23.2. The first-order valence-corrected chi connectivity index (χ1v) is 7.09. The van der Waals surface area contributed by atoms with E-state index in [4.69, 9.17) is 0 Å². The molecule has 0 aromatic heterocycles. The SMILES string of the molecule is O=C(O)C1(c2ccccc2C2(CO)CC2)CCCC1. The van der Waals surface area contributed by atoms with Gasteiger partial charge in [-0.25, -0.2) is 0 Å². The first kappa shape index (κ1) is 12.7. The van der Waals surface area contributed by atoms with Gasteiger partial charge in [-0.1, -0.05) is 37.1 Å². The summed E-state index contributed by atoms with van der Waals surface area (Å²) in [4.78, 5) is 11.8. The number of carboxylic acids is 1. The Bertz CT molecular complexity index is 496. The zero-order valence-corrected chi connectivity index (χ0v) is 11.1. The molecule has 0 heterocycles. The second-order valence-corrected chi connectivity index (χ2v) is 6.08. The lowest BCUT2D eigenvalue weighted by molar-refractivity contribution is -0.143. The van der Waals surface area contributed by atoms with Crippen LogP contribution in [-0.2, 0) is 15.6 Å². The average Bonchev–Trinajstić information content (AvgIpc) is 3.07. The fourth-order valence-electron chi connectivity index (χ4n) is 3.60. The predicted molar refractivity (Wildman–Crippen MR) is 72.2 cm³/mol. The van der Waals surface area contributed by atoms with E-state index < -0.39 is 11.4 Å². The smallest absolute Gasteiger partial charge is 0.314 e. The molecule has 2 saturated carbocycles. The molecule has 0 atom stereocenters. The third kappa shape index (κ3) is 1.79. The molecule has 0 saturated heterocycles. The highest BCUT2D eigenvalue weighted by Crippen LogP contribution is 2.53. The summed E-state index contributed by atoms with van der Waals surface area (Å²) in [6, 6.07) is 7.86. The quantitative estimate of drug-likeness (QED) is 0.875. The number of aliphatic hydroxyl groups is 1. The summed E-state index contributed by atoms with van der Waals surface area (Å²) in [5.74, 6) is -0.703. The summed E-state index contributed by atoms with van der Waals surface area (Å²) in [7, 11) is 0. The Morgan fingerprint density at radius 1 is 1.05 bits per heavy atom. The maximum absolute atomic E-state index is 11.8. The van der Waals surface area contributed by atoms with E-state index in [0.29, 0.717) is 0 Å². The van der Waals surface area contributed by atoms with Gasteiger partial charge in [-0.3, -0.25) is 4.79 Å². The number of hydrogen-bond acceptors (Lipinski definition) is 2. The number of carboxylic acid groups (broad SMARTS) is 1. The van der Waals surface area contributed by atoms with E-state index in [9.17, 15) is 15.0 Å². The number of carbonyl (C=O) groups is 1. The summed E-state index contributed by atoms with van der Waals surface area (Å²) in [6.07, 6.45) is 5.34. The number of benzene rings is 1. The van der Waals surface area contributed by atoms with Gasteiger partial charge in [-0.15, -0.1) is 0 Å². The van der Waals surface area contributed by atoms with Gasteiger partial charge in [0.1, 0.15) is 0 Å². The molecule has 0 bridgehead atoms. The highest BCUT2D eigenvalue weighted by atomic mass is 16.4. The Kier molecular flexibility index (Phi) is 2.90. The molecule has 3 heteroatoms. The zero-order chi connectivity index (χ0) is 13.5. The molecule has 0 aliphatic heterocycles. The van der Waals surface area contributed by atoms with E-state index in [2.05, 4.69) is 0 Å². The fraction of sp³-hybridized carbons (Fsp3) is 0.562. The molecule has 102 valence electrons. The molecule has 0 unspecified atom stereocenters. The molecule has 3 nitrogen and oxygen atoms in total. The minimum Gasteiger partial charge on any atom is -0.481 e. The molecular formula is C16H20O3. The van der Waals surface area contributed by atoms with Crippen molar-refractivity contribution in [3.63, 3.8) is 0 Å². The van der Waals surface area contributed by atoms with Crippen LogP contribution in [0.3, 0.4) is 0 Å². The van der Waals surface area contributed by atoms with Crippen molar-refractivity contribution < 1.29 is 15.0 Å². The zero-order valence-electron chi connectivity index (χ0n) is 11.1. The Labute approximate surface area is 113 Å². The lowest BCUT2D eigenvalue weighted by Crippen LogP contribution is -2.35. The largest absolute Gasteiger partial charge is 0.481 e. The lowest BCUT2D eigenvalue weighted by Gasteiger charge is -2.29. The maximum Gasteiger partial charge on any atom is 0.314 e. The lowest BCUT2D eigenvalue weighted by atomic mass is 9.73. The van der Waals surface area contributed by atoms with Crippen LogP contribution in [0.25, 0.3) is 0 Å². The second kappa shape index (κ2) is 4.34. The van der Waals surface area contributed by atoms with Crippen molar-refractivity contribution in [3.8, 4) is 0 Å². The molecule has 2 N–H and O–H groups in total. The van der Waals surface area contributed by atoms with Crippen LogP contribution in [0.15, 0.2) is 24.3 Å². The minimum atomic E-state index is -0.721. The van der Waals surface area contributed by atoms with Crippen LogP contribution in [0.4, 0.5) is 0 Å². The fourth-order valence-corrected chi connectivity index (χ4v) is 3.60. The number of hydrogen-bond donors (Lipinski definition) is 2. The van der Waals surface area contributed by atoms with Gasteiger partial charge in [0, 0.05) is 5.41 Å². The molecule has 0 amide bonds. The van der Waals surface area contributed by atoms with Crippen LogP contribution in [0.5, 0.6) is 0 Å². The first-order chi connectivity index (χ1) is 9.15. The first-order valence-electron chi connectivity index (χ1n) is 7.09. The number of rotatable bonds is 4. The monoisotopic (exact) mass is 260 g/mol. The number of aliphatic hydroxyl groups excluding tert-OH is 1. The Hall–Kier alpha value is -1.35. The van der Waals surface area contributed by atoms with E-state index >= 15 is 0 Å². The van der Waals surface area contributed by atoms with Gasteiger partial charge in [0.2, 0.25) is 0 Å². The third-order valence-corrected chi connectivity index (χ3v) is 5.04. The van der Waals surface area contributed by atoms with Crippen LogP contribution in [-0.4, -0.2) is 22.8 Å².